The van der Waals surface area contributed by atoms with E-state index < -0.39 is 42.2 Å². The number of aliphatic carboxylic acids is 1. The number of rotatable bonds is 18. The third-order valence-corrected chi connectivity index (χ3v) is 4.79. The zero-order valence-corrected chi connectivity index (χ0v) is 20.0. The Labute approximate surface area is 191 Å². The molecule has 0 rings (SSSR count). The van der Waals surface area contributed by atoms with Crippen molar-refractivity contribution in [1.82, 2.24) is 0 Å². The average molecular weight is 457 g/mol. The molecule has 0 aliphatic heterocycles. The minimum Gasteiger partial charge on any atom is -0.481 e. The molecule has 0 heterocycles. The van der Waals surface area contributed by atoms with E-state index in [9.17, 15) is 19.2 Å². The molecule has 0 saturated carbocycles. The molecule has 8 nitrogen and oxygen atoms in total. The highest BCUT2D eigenvalue weighted by molar-refractivity contribution is 5.68. The smallest absolute Gasteiger partial charge is 0.303 e. The first-order valence-corrected chi connectivity index (χ1v) is 11.6. The van der Waals surface area contributed by atoms with Gasteiger partial charge in [0.25, 0.3) is 0 Å². The summed E-state index contributed by atoms with van der Waals surface area (Å²) in [6, 6.07) is 0. The fraction of sp³-hybridized carbons (Fsp3) is 0.750. The van der Waals surface area contributed by atoms with Crippen molar-refractivity contribution in [2.75, 3.05) is 0 Å². The molecule has 0 saturated heterocycles. The maximum Gasteiger partial charge on any atom is 0.303 e. The number of carboxylic acids is 1. The lowest BCUT2D eigenvalue weighted by molar-refractivity contribution is -0.162. The van der Waals surface area contributed by atoms with Crippen molar-refractivity contribution in [2.24, 2.45) is 0 Å². The van der Waals surface area contributed by atoms with Gasteiger partial charge in [0.05, 0.1) is 0 Å². The SMILES string of the molecule is CCCCC[C@H](OC(C)=O)[C@H](/C=C/[C@H](CCCCCCCC(=O)O)OC(C)=O)OC(C)=O. The van der Waals surface area contributed by atoms with Gasteiger partial charge in [0, 0.05) is 27.2 Å². The van der Waals surface area contributed by atoms with Crippen molar-refractivity contribution in [3.05, 3.63) is 12.2 Å². The monoisotopic (exact) mass is 456 g/mol. The Hall–Kier alpha value is -2.38. The van der Waals surface area contributed by atoms with Crippen molar-refractivity contribution in [3.8, 4) is 0 Å². The second-order valence-electron chi connectivity index (χ2n) is 7.95. The number of esters is 3. The minimum absolute atomic E-state index is 0.179. The molecule has 0 aliphatic carbocycles. The zero-order valence-electron chi connectivity index (χ0n) is 20.0. The highest BCUT2D eigenvalue weighted by atomic mass is 16.6. The minimum atomic E-state index is -0.783. The first kappa shape index (κ1) is 29.6. The van der Waals surface area contributed by atoms with Crippen LogP contribution < -0.4 is 0 Å². The van der Waals surface area contributed by atoms with Crippen LogP contribution in [0.5, 0.6) is 0 Å². The van der Waals surface area contributed by atoms with Crippen molar-refractivity contribution < 1.29 is 38.5 Å². The van der Waals surface area contributed by atoms with Gasteiger partial charge in [-0.05, 0) is 44.3 Å². The second-order valence-corrected chi connectivity index (χ2v) is 7.95. The van der Waals surface area contributed by atoms with Crippen LogP contribution in [0.3, 0.4) is 0 Å². The van der Waals surface area contributed by atoms with Crippen molar-refractivity contribution >= 4 is 23.9 Å². The first-order chi connectivity index (χ1) is 15.1. The lowest BCUT2D eigenvalue weighted by atomic mass is 10.0. The summed E-state index contributed by atoms with van der Waals surface area (Å²) in [5, 5.41) is 8.66. The lowest BCUT2D eigenvalue weighted by Gasteiger charge is -2.24. The molecule has 32 heavy (non-hydrogen) atoms. The molecule has 0 fully saturated rings. The Bertz CT molecular complexity index is 599. The van der Waals surface area contributed by atoms with Crippen LogP contribution in [-0.2, 0) is 33.4 Å². The molecule has 0 aromatic carbocycles. The van der Waals surface area contributed by atoms with Crippen LogP contribution >= 0.6 is 0 Å². The fourth-order valence-electron chi connectivity index (χ4n) is 3.32. The summed E-state index contributed by atoms with van der Waals surface area (Å²) >= 11 is 0. The molecule has 3 atom stereocenters. The Kier molecular flexibility index (Phi) is 16.9. The van der Waals surface area contributed by atoms with Crippen LogP contribution in [0, 0.1) is 0 Å². The Morgan fingerprint density at radius 1 is 0.719 bits per heavy atom. The molecule has 184 valence electrons. The summed E-state index contributed by atoms with van der Waals surface area (Å²) in [7, 11) is 0. The summed E-state index contributed by atoms with van der Waals surface area (Å²) in [4.78, 5) is 45.2. The van der Waals surface area contributed by atoms with Crippen LogP contribution in [0.1, 0.15) is 98.3 Å². The largest absolute Gasteiger partial charge is 0.481 e. The van der Waals surface area contributed by atoms with E-state index in [2.05, 4.69) is 6.92 Å². The quantitative estimate of drug-likeness (QED) is 0.136. The van der Waals surface area contributed by atoms with Gasteiger partial charge in [-0.15, -0.1) is 0 Å². The molecule has 0 spiro atoms. The number of unbranched alkanes of at least 4 members (excludes halogenated alkanes) is 6. The number of ether oxygens (including phenoxy) is 3. The molecule has 0 aromatic heterocycles. The summed E-state index contributed by atoms with van der Waals surface area (Å²) < 4.78 is 16.2. The molecule has 1 N–H and O–H groups in total. The second kappa shape index (κ2) is 18.2. The molecule has 0 radical (unpaired) electrons. The highest BCUT2D eigenvalue weighted by Crippen LogP contribution is 2.18. The Balaban J connectivity index is 5.01. The van der Waals surface area contributed by atoms with E-state index in [0.29, 0.717) is 19.3 Å². The number of carboxylic acid groups (broad SMARTS) is 1. The third-order valence-electron chi connectivity index (χ3n) is 4.79. The fourth-order valence-corrected chi connectivity index (χ4v) is 3.32. The molecule has 8 heteroatoms. The molecule has 0 aromatic rings. The van der Waals surface area contributed by atoms with Crippen molar-refractivity contribution in [1.29, 1.82) is 0 Å². The molecule has 0 unspecified atom stereocenters. The van der Waals surface area contributed by atoms with E-state index in [-0.39, 0.29) is 6.42 Å². The molecular formula is C24H40O8. The van der Waals surface area contributed by atoms with Crippen LogP contribution in [0.15, 0.2) is 12.2 Å². The van der Waals surface area contributed by atoms with Crippen molar-refractivity contribution in [2.45, 2.75) is 117 Å². The Morgan fingerprint density at radius 3 is 1.84 bits per heavy atom. The number of hydrogen-bond donors (Lipinski definition) is 1. The van der Waals surface area contributed by atoms with Gasteiger partial charge < -0.3 is 19.3 Å². The molecular weight excluding hydrogens is 416 g/mol. The van der Waals surface area contributed by atoms with Crippen LogP contribution in [0.2, 0.25) is 0 Å². The maximum absolute atomic E-state index is 11.6. The van der Waals surface area contributed by atoms with E-state index in [1.54, 1.807) is 12.2 Å². The van der Waals surface area contributed by atoms with Gasteiger partial charge >= 0.3 is 23.9 Å². The molecule has 0 bridgehead atoms. The summed E-state index contributed by atoms with van der Waals surface area (Å²) in [6.45, 7) is 6.02. The van der Waals surface area contributed by atoms with E-state index in [1.165, 1.54) is 20.8 Å². The van der Waals surface area contributed by atoms with Gasteiger partial charge in [0.15, 0.2) is 6.10 Å². The third kappa shape index (κ3) is 17.3. The zero-order chi connectivity index (χ0) is 24.4. The standard InChI is InChI=1S/C24H40O8/c1-5-6-10-14-22(31-19(3)26)23(32-20(4)27)17-16-21(30-18(2)25)13-11-8-7-9-12-15-24(28)29/h16-17,21-23H,5-15H2,1-4H3,(H,28,29)/b17-16+/t21-,22-,23-/m0/s1. The highest BCUT2D eigenvalue weighted by Gasteiger charge is 2.25. The Morgan fingerprint density at radius 2 is 1.28 bits per heavy atom. The van der Waals surface area contributed by atoms with E-state index in [4.69, 9.17) is 19.3 Å². The van der Waals surface area contributed by atoms with E-state index >= 15 is 0 Å². The number of carbonyl (C=O) groups excluding carboxylic acids is 3. The summed E-state index contributed by atoms with van der Waals surface area (Å²) in [5.74, 6) is -2.13. The van der Waals surface area contributed by atoms with Gasteiger partial charge in [-0.2, -0.15) is 0 Å². The van der Waals surface area contributed by atoms with Crippen LogP contribution in [0.4, 0.5) is 0 Å². The number of hydrogen-bond acceptors (Lipinski definition) is 7. The lowest BCUT2D eigenvalue weighted by Crippen LogP contribution is -2.33. The summed E-state index contributed by atoms with van der Waals surface area (Å²) in [5.41, 5.74) is 0. The average Bonchev–Trinajstić information content (AvgIpc) is 2.68. The van der Waals surface area contributed by atoms with Gasteiger partial charge in [-0.3, -0.25) is 19.2 Å². The van der Waals surface area contributed by atoms with E-state index in [0.717, 1.165) is 44.9 Å². The van der Waals surface area contributed by atoms with Gasteiger partial charge in [-0.25, -0.2) is 0 Å². The predicted molar refractivity (Wildman–Crippen MR) is 120 cm³/mol. The van der Waals surface area contributed by atoms with Gasteiger partial charge in [-0.1, -0.05) is 39.0 Å². The topological polar surface area (TPSA) is 116 Å². The van der Waals surface area contributed by atoms with Gasteiger partial charge in [0.2, 0.25) is 0 Å². The normalized spacial score (nSPS) is 13.9. The van der Waals surface area contributed by atoms with Crippen molar-refractivity contribution in [3.63, 3.8) is 0 Å². The molecule has 0 aliphatic rings. The van der Waals surface area contributed by atoms with E-state index in [1.807, 2.05) is 0 Å². The van der Waals surface area contributed by atoms with Gasteiger partial charge in [0.1, 0.15) is 12.2 Å². The van der Waals surface area contributed by atoms with Crippen LogP contribution in [0.25, 0.3) is 0 Å². The first-order valence-electron chi connectivity index (χ1n) is 11.6. The summed E-state index contributed by atoms with van der Waals surface area (Å²) in [6.07, 6.45) is 9.72. The number of carbonyl (C=O) groups is 4. The van der Waals surface area contributed by atoms with Crippen LogP contribution in [-0.4, -0.2) is 47.3 Å². The maximum atomic E-state index is 11.6. The molecule has 0 amide bonds. The predicted octanol–water partition coefficient (Wildman–Crippen LogP) is 4.73.